The molecule has 24 heavy (non-hydrogen) atoms. The van der Waals surface area contributed by atoms with Crippen LogP contribution in [0.25, 0.3) is 0 Å². The Hall–Kier alpha value is -2.04. The van der Waals surface area contributed by atoms with Crippen LogP contribution in [0.5, 0.6) is 0 Å². The van der Waals surface area contributed by atoms with Gasteiger partial charge in [-0.2, -0.15) is 0 Å². The van der Waals surface area contributed by atoms with Gasteiger partial charge in [0.1, 0.15) is 6.61 Å². The maximum absolute atomic E-state index is 12.4. The topological polar surface area (TPSA) is 55.8 Å². The number of likely N-dealkylation sites (tertiary alicyclic amines) is 1. The van der Waals surface area contributed by atoms with Crippen LogP contribution in [0.3, 0.4) is 0 Å². The molecular weight excluding hydrogens is 306 g/mol. The molecular formula is C19H27NO4. The zero-order valence-corrected chi connectivity index (χ0v) is 14.6. The number of benzene rings is 1. The normalized spacial score (nSPS) is 18.2. The van der Waals surface area contributed by atoms with Crippen LogP contribution >= 0.6 is 0 Å². The molecule has 0 N–H and O–H groups in total. The molecule has 0 spiro atoms. The first-order valence-electron chi connectivity index (χ1n) is 8.74. The van der Waals surface area contributed by atoms with Gasteiger partial charge in [-0.3, -0.25) is 4.79 Å². The average molecular weight is 333 g/mol. The van der Waals surface area contributed by atoms with Crippen LogP contribution in [-0.4, -0.2) is 36.2 Å². The number of carbonyl (C=O) groups excluding carboxylic acids is 2. The van der Waals surface area contributed by atoms with Crippen LogP contribution in [0.2, 0.25) is 0 Å². The molecule has 0 bridgehead atoms. The van der Waals surface area contributed by atoms with E-state index in [1.165, 1.54) is 0 Å². The van der Waals surface area contributed by atoms with Crippen molar-refractivity contribution in [1.82, 2.24) is 4.90 Å². The predicted octanol–water partition coefficient (Wildman–Crippen LogP) is 3.77. The number of amides is 1. The van der Waals surface area contributed by atoms with E-state index < -0.39 is 0 Å². The standard InChI is InChI=1S/C19H27NO4/c1-3-23-18(21)12-11-15(2)17-10-7-13-20(17)19(22)24-14-16-8-5-4-6-9-16/h4-6,8-9,15,17H,3,7,10-14H2,1-2H3/t15-,17+/m1/s1. The first kappa shape index (κ1) is 18.3. The predicted molar refractivity (Wildman–Crippen MR) is 91.4 cm³/mol. The molecule has 2 atom stereocenters. The van der Waals surface area contributed by atoms with Crippen LogP contribution in [0.1, 0.15) is 45.1 Å². The molecule has 1 heterocycles. The van der Waals surface area contributed by atoms with Crippen molar-refractivity contribution in [2.75, 3.05) is 13.2 Å². The van der Waals surface area contributed by atoms with E-state index in [9.17, 15) is 9.59 Å². The molecule has 1 aliphatic heterocycles. The van der Waals surface area contributed by atoms with Crippen LogP contribution in [0.15, 0.2) is 30.3 Å². The quantitative estimate of drug-likeness (QED) is 0.713. The lowest BCUT2D eigenvalue weighted by Gasteiger charge is -2.28. The minimum absolute atomic E-state index is 0.141. The molecule has 0 radical (unpaired) electrons. The highest BCUT2D eigenvalue weighted by Gasteiger charge is 2.33. The van der Waals surface area contributed by atoms with Crippen molar-refractivity contribution < 1.29 is 19.1 Å². The van der Waals surface area contributed by atoms with Gasteiger partial charge in [-0.25, -0.2) is 4.79 Å². The lowest BCUT2D eigenvalue weighted by Crippen LogP contribution is -2.39. The highest BCUT2D eigenvalue weighted by molar-refractivity contribution is 5.69. The van der Waals surface area contributed by atoms with Crippen LogP contribution in [0, 0.1) is 5.92 Å². The second kappa shape index (κ2) is 9.30. The summed E-state index contributed by atoms with van der Waals surface area (Å²) in [5.41, 5.74) is 0.983. The second-order valence-electron chi connectivity index (χ2n) is 6.26. The van der Waals surface area contributed by atoms with E-state index in [2.05, 4.69) is 6.92 Å². The monoisotopic (exact) mass is 333 g/mol. The van der Waals surface area contributed by atoms with Crippen molar-refractivity contribution >= 4 is 12.1 Å². The van der Waals surface area contributed by atoms with Crippen LogP contribution in [0.4, 0.5) is 4.79 Å². The van der Waals surface area contributed by atoms with Gasteiger partial charge in [-0.1, -0.05) is 37.3 Å². The van der Waals surface area contributed by atoms with Gasteiger partial charge >= 0.3 is 12.1 Å². The lowest BCUT2D eigenvalue weighted by atomic mass is 9.95. The van der Waals surface area contributed by atoms with Crippen molar-refractivity contribution in [1.29, 1.82) is 0 Å². The Morgan fingerprint density at radius 2 is 2.00 bits per heavy atom. The molecule has 0 aliphatic carbocycles. The summed E-state index contributed by atoms with van der Waals surface area (Å²) >= 11 is 0. The van der Waals surface area contributed by atoms with E-state index in [-0.39, 0.29) is 24.0 Å². The molecule has 0 unspecified atom stereocenters. The van der Waals surface area contributed by atoms with Gasteiger partial charge in [0.05, 0.1) is 6.61 Å². The number of nitrogens with zero attached hydrogens (tertiary/aromatic N) is 1. The summed E-state index contributed by atoms with van der Waals surface area (Å²) in [6.07, 6.45) is 2.81. The van der Waals surface area contributed by atoms with Crippen molar-refractivity contribution in [3.05, 3.63) is 35.9 Å². The van der Waals surface area contributed by atoms with Gasteiger partial charge in [-0.05, 0) is 37.7 Å². The fraction of sp³-hybridized carbons (Fsp3) is 0.579. The Balaban J connectivity index is 1.82. The van der Waals surface area contributed by atoms with E-state index in [1.54, 1.807) is 0 Å². The average Bonchev–Trinajstić information content (AvgIpc) is 3.08. The van der Waals surface area contributed by atoms with E-state index >= 15 is 0 Å². The molecule has 1 aromatic rings. The maximum atomic E-state index is 12.4. The van der Waals surface area contributed by atoms with Gasteiger partial charge in [-0.15, -0.1) is 0 Å². The number of hydrogen-bond donors (Lipinski definition) is 0. The zero-order valence-electron chi connectivity index (χ0n) is 14.6. The van der Waals surface area contributed by atoms with Gasteiger partial charge < -0.3 is 14.4 Å². The Bertz CT molecular complexity index is 531. The molecule has 1 aliphatic rings. The second-order valence-corrected chi connectivity index (χ2v) is 6.26. The Labute approximate surface area is 143 Å². The van der Waals surface area contributed by atoms with Crippen molar-refractivity contribution in [3.8, 4) is 0 Å². The summed E-state index contributed by atoms with van der Waals surface area (Å²) in [7, 11) is 0. The molecule has 0 aromatic heterocycles. The van der Waals surface area contributed by atoms with Crippen molar-refractivity contribution in [2.45, 2.75) is 52.2 Å². The molecule has 5 nitrogen and oxygen atoms in total. The minimum atomic E-state index is -0.260. The van der Waals surface area contributed by atoms with E-state index in [0.29, 0.717) is 19.6 Å². The molecule has 0 saturated carbocycles. The summed E-state index contributed by atoms with van der Waals surface area (Å²) in [5.74, 6) is 0.0849. The Morgan fingerprint density at radius 1 is 1.25 bits per heavy atom. The van der Waals surface area contributed by atoms with E-state index in [0.717, 1.165) is 31.4 Å². The van der Waals surface area contributed by atoms with Gasteiger partial charge in [0, 0.05) is 19.0 Å². The number of carbonyl (C=O) groups is 2. The molecule has 1 aromatic carbocycles. The maximum Gasteiger partial charge on any atom is 0.410 e. The number of rotatable bonds is 7. The Morgan fingerprint density at radius 3 is 2.71 bits per heavy atom. The molecule has 2 rings (SSSR count). The van der Waals surface area contributed by atoms with Gasteiger partial charge in [0.25, 0.3) is 0 Å². The van der Waals surface area contributed by atoms with Crippen LogP contribution in [-0.2, 0) is 20.9 Å². The fourth-order valence-corrected chi connectivity index (χ4v) is 3.18. The highest BCUT2D eigenvalue weighted by Crippen LogP contribution is 2.27. The fourth-order valence-electron chi connectivity index (χ4n) is 3.18. The largest absolute Gasteiger partial charge is 0.466 e. The van der Waals surface area contributed by atoms with E-state index in [4.69, 9.17) is 9.47 Å². The first-order chi connectivity index (χ1) is 11.6. The zero-order chi connectivity index (χ0) is 17.4. The highest BCUT2D eigenvalue weighted by atomic mass is 16.6. The molecule has 132 valence electrons. The van der Waals surface area contributed by atoms with Crippen molar-refractivity contribution in [3.63, 3.8) is 0 Å². The lowest BCUT2D eigenvalue weighted by molar-refractivity contribution is -0.143. The number of hydrogen-bond acceptors (Lipinski definition) is 4. The third kappa shape index (κ3) is 5.25. The van der Waals surface area contributed by atoms with E-state index in [1.807, 2.05) is 42.2 Å². The molecule has 1 amide bonds. The SMILES string of the molecule is CCOC(=O)CC[C@@H](C)[C@@H]1CCCN1C(=O)OCc1ccccc1. The summed E-state index contributed by atoms with van der Waals surface area (Å²) < 4.78 is 10.4. The van der Waals surface area contributed by atoms with Crippen molar-refractivity contribution in [2.24, 2.45) is 5.92 Å². The third-order valence-corrected chi connectivity index (χ3v) is 4.50. The molecule has 1 saturated heterocycles. The molecule has 5 heteroatoms. The number of esters is 1. The number of ether oxygens (including phenoxy) is 2. The smallest absolute Gasteiger partial charge is 0.410 e. The van der Waals surface area contributed by atoms with Gasteiger partial charge in [0.15, 0.2) is 0 Å². The van der Waals surface area contributed by atoms with Gasteiger partial charge in [0.2, 0.25) is 0 Å². The Kier molecular flexibility index (Phi) is 7.09. The first-order valence-corrected chi connectivity index (χ1v) is 8.74. The minimum Gasteiger partial charge on any atom is -0.466 e. The summed E-state index contributed by atoms with van der Waals surface area (Å²) in [6.45, 7) is 5.33. The summed E-state index contributed by atoms with van der Waals surface area (Å²) in [5, 5.41) is 0. The summed E-state index contributed by atoms with van der Waals surface area (Å²) in [4.78, 5) is 25.7. The summed E-state index contributed by atoms with van der Waals surface area (Å²) in [6, 6.07) is 9.82. The van der Waals surface area contributed by atoms with Crippen LogP contribution < -0.4 is 0 Å². The molecule has 1 fully saturated rings. The third-order valence-electron chi connectivity index (χ3n) is 4.50.